The average Bonchev–Trinajstić information content (AvgIpc) is 2.45. The number of para-hydroxylation sites is 1. The maximum absolute atomic E-state index is 3.63. The van der Waals surface area contributed by atoms with Crippen molar-refractivity contribution in [3.8, 4) is 0 Å². The predicted molar refractivity (Wildman–Crippen MR) is 107 cm³/mol. The molecule has 1 nitrogen and oxygen atoms in total. The molecule has 2 aromatic carbocycles. The molecule has 0 amide bonds. The van der Waals surface area contributed by atoms with E-state index in [1.807, 2.05) is 0 Å². The summed E-state index contributed by atoms with van der Waals surface area (Å²) in [5.74, 6) is 0. The maximum Gasteiger partial charge on any atom is 0.0403 e. The number of aryl methyl sites for hydroxylation is 1. The molecule has 2 aromatic rings. The monoisotopic (exact) mass is 323 g/mol. The second-order valence-electron chi connectivity index (χ2n) is 8.98. The fourth-order valence-corrected chi connectivity index (χ4v) is 3.13. The highest BCUT2D eigenvalue weighted by Crippen LogP contribution is 2.33. The molecule has 1 heteroatoms. The summed E-state index contributed by atoms with van der Waals surface area (Å²) in [6.07, 6.45) is 0. The smallest absolute Gasteiger partial charge is 0.0403 e. The van der Waals surface area contributed by atoms with Crippen LogP contribution in [-0.4, -0.2) is 0 Å². The highest BCUT2D eigenvalue weighted by molar-refractivity contribution is 5.52. The normalized spacial score (nSPS) is 12.3. The first-order valence-corrected chi connectivity index (χ1v) is 8.94. The van der Waals surface area contributed by atoms with Crippen molar-refractivity contribution in [2.24, 2.45) is 0 Å². The molecule has 0 saturated carbocycles. The summed E-state index contributed by atoms with van der Waals surface area (Å²) in [6, 6.07) is 13.3. The van der Waals surface area contributed by atoms with Crippen LogP contribution in [0.5, 0.6) is 0 Å². The van der Waals surface area contributed by atoms with Crippen molar-refractivity contribution < 1.29 is 0 Å². The molecule has 24 heavy (non-hydrogen) atoms. The number of anilines is 1. The van der Waals surface area contributed by atoms with E-state index in [9.17, 15) is 0 Å². The maximum atomic E-state index is 3.63. The van der Waals surface area contributed by atoms with Crippen LogP contribution in [0.1, 0.15) is 69.4 Å². The lowest BCUT2D eigenvalue weighted by Crippen LogP contribution is -2.19. The average molecular weight is 324 g/mol. The molecule has 0 aliphatic rings. The zero-order valence-corrected chi connectivity index (χ0v) is 16.7. The molecule has 0 aliphatic heterocycles. The molecule has 0 unspecified atom stereocenters. The summed E-state index contributed by atoms with van der Waals surface area (Å²) in [6.45, 7) is 19.1. The molecule has 0 radical (unpaired) electrons. The number of rotatable bonds is 3. The molecule has 0 spiro atoms. The van der Waals surface area contributed by atoms with E-state index in [0.29, 0.717) is 0 Å². The van der Waals surface area contributed by atoms with Gasteiger partial charge in [-0.25, -0.2) is 0 Å². The molecule has 130 valence electrons. The van der Waals surface area contributed by atoms with Crippen molar-refractivity contribution in [2.75, 3.05) is 5.32 Å². The van der Waals surface area contributed by atoms with Crippen molar-refractivity contribution in [1.82, 2.24) is 0 Å². The largest absolute Gasteiger partial charge is 0.381 e. The SMILES string of the molecule is Cc1ccccc1NCc1cc(C(C)(C)C)cc(C(C)(C)C)c1C. The summed E-state index contributed by atoms with van der Waals surface area (Å²) in [4.78, 5) is 0. The van der Waals surface area contributed by atoms with Gasteiger partial charge >= 0.3 is 0 Å². The van der Waals surface area contributed by atoms with Gasteiger partial charge < -0.3 is 5.32 Å². The Labute approximate surface area is 148 Å². The van der Waals surface area contributed by atoms with E-state index >= 15 is 0 Å². The standard InChI is InChI=1S/C23H33N/c1-16-11-9-10-12-21(16)24-15-18-13-19(22(3,4)5)14-20(17(18)2)23(6,7)8/h9-14,24H,15H2,1-8H3. The van der Waals surface area contributed by atoms with Gasteiger partial charge in [0.1, 0.15) is 0 Å². The van der Waals surface area contributed by atoms with E-state index in [-0.39, 0.29) is 10.8 Å². The van der Waals surface area contributed by atoms with Gasteiger partial charge in [0.15, 0.2) is 0 Å². The van der Waals surface area contributed by atoms with Gasteiger partial charge in [0, 0.05) is 12.2 Å². The topological polar surface area (TPSA) is 12.0 Å². The molecular weight excluding hydrogens is 290 g/mol. The molecule has 2 rings (SSSR count). The molecule has 0 fully saturated rings. The second-order valence-corrected chi connectivity index (χ2v) is 8.98. The van der Waals surface area contributed by atoms with Crippen LogP contribution in [0, 0.1) is 13.8 Å². The van der Waals surface area contributed by atoms with E-state index in [2.05, 4.69) is 97.1 Å². The van der Waals surface area contributed by atoms with Gasteiger partial charge in [-0.05, 0) is 58.6 Å². The molecular formula is C23H33N. The van der Waals surface area contributed by atoms with Crippen LogP contribution in [-0.2, 0) is 17.4 Å². The molecule has 0 aromatic heterocycles. The van der Waals surface area contributed by atoms with Crippen LogP contribution in [0.25, 0.3) is 0 Å². The Morgan fingerprint density at radius 1 is 0.833 bits per heavy atom. The molecule has 0 atom stereocenters. The van der Waals surface area contributed by atoms with E-state index in [4.69, 9.17) is 0 Å². The van der Waals surface area contributed by atoms with Gasteiger partial charge in [-0.2, -0.15) is 0 Å². The molecule has 1 N–H and O–H groups in total. The third kappa shape index (κ3) is 4.20. The first kappa shape index (κ1) is 18.6. The molecule has 0 saturated heterocycles. The highest BCUT2D eigenvalue weighted by Gasteiger charge is 2.23. The number of benzene rings is 2. The van der Waals surface area contributed by atoms with Gasteiger partial charge in [-0.3, -0.25) is 0 Å². The zero-order valence-electron chi connectivity index (χ0n) is 16.7. The highest BCUT2D eigenvalue weighted by atomic mass is 14.9. The third-order valence-corrected chi connectivity index (χ3v) is 4.80. The predicted octanol–water partition coefficient (Wildman–Crippen LogP) is 6.51. The Morgan fingerprint density at radius 3 is 2.00 bits per heavy atom. The fourth-order valence-electron chi connectivity index (χ4n) is 3.13. The van der Waals surface area contributed by atoms with Gasteiger partial charge in [0.05, 0.1) is 0 Å². The van der Waals surface area contributed by atoms with Crippen LogP contribution in [0.15, 0.2) is 36.4 Å². The van der Waals surface area contributed by atoms with Crippen LogP contribution in [0.4, 0.5) is 5.69 Å². The fraction of sp³-hybridized carbons (Fsp3) is 0.478. The minimum absolute atomic E-state index is 0.156. The van der Waals surface area contributed by atoms with Crippen LogP contribution in [0.3, 0.4) is 0 Å². The van der Waals surface area contributed by atoms with Crippen molar-refractivity contribution >= 4 is 5.69 Å². The van der Waals surface area contributed by atoms with Crippen LogP contribution >= 0.6 is 0 Å². The Kier molecular flexibility index (Phi) is 5.13. The summed E-state index contributed by atoms with van der Waals surface area (Å²) in [5.41, 5.74) is 8.50. The first-order valence-electron chi connectivity index (χ1n) is 8.94. The Morgan fingerprint density at radius 2 is 1.46 bits per heavy atom. The van der Waals surface area contributed by atoms with Gasteiger partial charge in [-0.1, -0.05) is 71.9 Å². The molecule has 0 aliphatic carbocycles. The van der Waals surface area contributed by atoms with E-state index in [0.717, 1.165) is 6.54 Å². The lowest BCUT2D eigenvalue weighted by Gasteiger charge is -2.29. The quantitative estimate of drug-likeness (QED) is 0.679. The Balaban J connectivity index is 2.43. The number of nitrogens with one attached hydrogen (secondary N) is 1. The van der Waals surface area contributed by atoms with Crippen molar-refractivity contribution in [3.63, 3.8) is 0 Å². The van der Waals surface area contributed by atoms with E-state index in [1.54, 1.807) is 0 Å². The zero-order chi connectivity index (χ0) is 18.1. The van der Waals surface area contributed by atoms with Crippen molar-refractivity contribution in [2.45, 2.75) is 72.8 Å². The minimum Gasteiger partial charge on any atom is -0.381 e. The Hall–Kier alpha value is -1.76. The van der Waals surface area contributed by atoms with Crippen LogP contribution < -0.4 is 5.32 Å². The van der Waals surface area contributed by atoms with Gasteiger partial charge in [0.2, 0.25) is 0 Å². The lowest BCUT2D eigenvalue weighted by molar-refractivity contribution is 0.564. The number of hydrogen-bond acceptors (Lipinski definition) is 1. The minimum atomic E-state index is 0.156. The van der Waals surface area contributed by atoms with Crippen molar-refractivity contribution in [3.05, 3.63) is 64.2 Å². The lowest BCUT2D eigenvalue weighted by atomic mass is 9.77. The summed E-state index contributed by atoms with van der Waals surface area (Å²) in [5, 5.41) is 3.63. The second kappa shape index (κ2) is 6.63. The Bertz CT molecular complexity index is 712. The van der Waals surface area contributed by atoms with E-state index < -0.39 is 0 Å². The summed E-state index contributed by atoms with van der Waals surface area (Å²) in [7, 11) is 0. The van der Waals surface area contributed by atoms with Gasteiger partial charge in [-0.15, -0.1) is 0 Å². The molecule has 0 heterocycles. The van der Waals surface area contributed by atoms with Gasteiger partial charge in [0.25, 0.3) is 0 Å². The first-order chi connectivity index (χ1) is 11.0. The van der Waals surface area contributed by atoms with E-state index in [1.165, 1.54) is 33.5 Å². The van der Waals surface area contributed by atoms with Crippen LogP contribution in [0.2, 0.25) is 0 Å². The van der Waals surface area contributed by atoms with Crippen molar-refractivity contribution in [1.29, 1.82) is 0 Å². The summed E-state index contributed by atoms with van der Waals surface area (Å²) < 4.78 is 0. The summed E-state index contributed by atoms with van der Waals surface area (Å²) >= 11 is 0. The third-order valence-electron chi connectivity index (χ3n) is 4.80. The number of hydrogen-bond donors (Lipinski definition) is 1. The molecule has 0 bridgehead atoms.